The highest BCUT2D eigenvalue weighted by molar-refractivity contribution is 7.92. The molecular weight excluding hydrogens is 474 g/mol. The van der Waals surface area contributed by atoms with Gasteiger partial charge in [-0.3, -0.25) is 13.9 Å². The topological polar surface area (TPSA) is 86.8 Å². The van der Waals surface area contributed by atoms with E-state index in [1.165, 1.54) is 4.90 Å². The number of carbonyl (C=O) groups is 2. The molecule has 0 heterocycles. The maximum atomic E-state index is 13.7. The van der Waals surface area contributed by atoms with Gasteiger partial charge in [-0.2, -0.15) is 0 Å². The van der Waals surface area contributed by atoms with E-state index in [1.54, 1.807) is 37.3 Å². The van der Waals surface area contributed by atoms with Crippen molar-refractivity contribution in [2.45, 2.75) is 53.1 Å². The minimum Gasteiger partial charge on any atom is -0.354 e. The molecular formula is C25H34ClN3O4S. The lowest BCUT2D eigenvalue weighted by atomic mass is 10.1. The van der Waals surface area contributed by atoms with Gasteiger partial charge in [-0.15, -0.1) is 0 Å². The van der Waals surface area contributed by atoms with Gasteiger partial charge in [-0.05, 0) is 55.5 Å². The fourth-order valence-corrected chi connectivity index (χ4v) is 4.77. The van der Waals surface area contributed by atoms with Gasteiger partial charge in [-0.25, -0.2) is 8.42 Å². The summed E-state index contributed by atoms with van der Waals surface area (Å²) >= 11 is 6.35. The van der Waals surface area contributed by atoms with E-state index >= 15 is 0 Å². The molecule has 2 aromatic carbocycles. The molecule has 1 atom stereocenters. The molecule has 34 heavy (non-hydrogen) atoms. The third-order valence-corrected chi connectivity index (χ3v) is 7.04. The quantitative estimate of drug-likeness (QED) is 0.497. The normalized spacial score (nSPS) is 12.2. The summed E-state index contributed by atoms with van der Waals surface area (Å²) in [6.45, 7) is 7.57. The molecule has 0 aliphatic carbocycles. The van der Waals surface area contributed by atoms with Crippen molar-refractivity contribution in [2.24, 2.45) is 0 Å². The maximum absolute atomic E-state index is 13.7. The number of halogens is 1. The maximum Gasteiger partial charge on any atom is 0.244 e. The highest BCUT2D eigenvalue weighted by atomic mass is 35.5. The molecule has 0 bridgehead atoms. The van der Waals surface area contributed by atoms with E-state index in [2.05, 4.69) is 5.32 Å². The molecule has 0 aliphatic heterocycles. The summed E-state index contributed by atoms with van der Waals surface area (Å²) in [7, 11) is -3.77. The van der Waals surface area contributed by atoms with Gasteiger partial charge in [0.25, 0.3) is 0 Å². The Morgan fingerprint density at radius 2 is 1.76 bits per heavy atom. The van der Waals surface area contributed by atoms with Gasteiger partial charge in [0, 0.05) is 18.1 Å². The van der Waals surface area contributed by atoms with E-state index in [9.17, 15) is 18.0 Å². The number of sulfonamides is 1. The Morgan fingerprint density at radius 3 is 2.35 bits per heavy atom. The van der Waals surface area contributed by atoms with Crippen molar-refractivity contribution in [1.82, 2.24) is 10.2 Å². The molecule has 7 nitrogen and oxygen atoms in total. The molecule has 0 aromatic heterocycles. The van der Waals surface area contributed by atoms with Crippen LogP contribution in [0.3, 0.4) is 0 Å². The second-order valence-electron chi connectivity index (χ2n) is 8.39. The van der Waals surface area contributed by atoms with E-state index in [-0.39, 0.29) is 12.5 Å². The van der Waals surface area contributed by atoms with Crippen LogP contribution in [0.1, 0.15) is 43.4 Å². The summed E-state index contributed by atoms with van der Waals surface area (Å²) in [5, 5.41) is 3.32. The van der Waals surface area contributed by atoms with Gasteiger partial charge in [0.1, 0.15) is 12.6 Å². The molecule has 2 aromatic rings. The number of rotatable bonds is 11. The van der Waals surface area contributed by atoms with Gasteiger partial charge in [-0.1, -0.05) is 55.8 Å². The third-order valence-electron chi connectivity index (χ3n) is 5.55. The first kappa shape index (κ1) is 27.7. The van der Waals surface area contributed by atoms with Crippen molar-refractivity contribution in [2.75, 3.05) is 23.7 Å². The van der Waals surface area contributed by atoms with E-state index < -0.39 is 28.5 Å². The second-order valence-corrected chi connectivity index (χ2v) is 10.7. The van der Waals surface area contributed by atoms with Gasteiger partial charge >= 0.3 is 0 Å². The summed E-state index contributed by atoms with van der Waals surface area (Å²) in [6.07, 6.45) is 2.20. The number of hydrogen-bond acceptors (Lipinski definition) is 4. The zero-order chi connectivity index (χ0) is 25.5. The van der Waals surface area contributed by atoms with Crippen LogP contribution in [-0.2, 0) is 26.2 Å². The standard InChI is InChI=1S/C25H34ClN3O4S/c1-6-14-27-25(31)22(7-2)28(16-20-10-8-9-11-21(20)26)24(30)17-29(34(5,32)33)23-15-18(3)12-13-19(23)4/h8-13,15,22H,6-7,14,16-17H2,1-5H3,(H,27,31)/t22-/m0/s1. The number of anilines is 1. The first-order valence-electron chi connectivity index (χ1n) is 11.3. The van der Waals surface area contributed by atoms with Crippen LogP contribution in [0.5, 0.6) is 0 Å². The van der Waals surface area contributed by atoms with E-state index in [0.717, 1.165) is 28.1 Å². The van der Waals surface area contributed by atoms with Crippen LogP contribution in [0.2, 0.25) is 5.02 Å². The monoisotopic (exact) mass is 507 g/mol. The van der Waals surface area contributed by atoms with Crippen LogP contribution in [0, 0.1) is 13.8 Å². The highest BCUT2D eigenvalue weighted by Gasteiger charge is 2.32. The lowest BCUT2D eigenvalue weighted by molar-refractivity contribution is -0.140. The van der Waals surface area contributed by atoms with E-state index in [4.69, 9.17) is 11.6 Å². The summed E-state index contributed by atoms with van der Waals surface area (Å²) < 4.78 is 26.6. The predicted octanol–water partition coefficient (Wildman–Crippen LogP) is 4.06. The largest absolute Gasteiger partial charge is 0.354 e. The van der Waals surface area contributed by atoms with Crippen LogP contribution in [0.25, 0.3) is 0 Å². The number of nitrogens with zero attached hydrogens (tertiary/aromatic N) is 2. The average Bonchev–Trinajstić information content (AvgIpc) is 2.78. The molecule has 0 unspecified atom stereocenters. The minimum absolute atomic E-state index is 0.0843. The fraction of sp³-hybridized carbons (Fsp3) is 0.440. The summed E-state index contributed by atoms with van der Waals surface area (Å²) in [4.78, 5) is 28.0. The molecule has 1 N–H and O–H groups in total. The van der Waals surface area contributed by atoms with Gasteiger partial charge in [0.15, 0.2) is 0 Å². The Kier molecular flexibility index (Phi) is 9.94. The van der Waals surface area contributed by atoms with E-state index in [0.29, 0.717) is 29.2 Å². The number of amides is 2. The van der Waals surface area contributed by atoms with Crippen LogP contribution in [-0.4, -0.2) is 50.5 Å². The minimum atomic E-state index is -3.77. The lowest BCUT2D eigenvalue weighted by Crippen LogP contribution is -2.52. The summed E-state index contributed by atoms with van der Waals surface area (Å²) in [5.74, 6) is -0.757. The Hall–Kier alpha value is -2.58. The lowest BCUT2D eigenvalue weighted by Gasteiger charge is -2.33. The van der Waals surface area contributed by atoms with E-state index in [1.807, 2.05) is 32.9 Å². The highest BCUT2D eigenvalue weighted by Crippen LogP contribution is 2.25. The van der Waals surface area contributed by atoms with Crippen molar-refractivity contribution >= 4 is 39.1 Å². The van der Waals surface area contributed by atoms with Crippen molar-refractivity contribution in [3.8, 4) is 0 Å². The molecule has 0 spiro atoms. The molecule has 0 saturated carbocycles. The fourth-order valence-electron chi connectivity index (χ4n) is 3.68. The van der Waals surface area contributed by atoms with Crippen LogP contribution >= 0.6 is 11.6 Å². The van der Waals surface area contributed by atoms with Crippen molar-refractivity contribution in [3.05, 3.63) is 64.2 Å². The smallest absolute Gasteiger partial charge is 0.244 e. The van der Waals surface area contributed by atoms with Gasteiger partial charge in [0.05, 0.1) is 11.9 Å². The Balaban J connectivity index is 2.48. The first-order chi connectivity index (χ1) is 16.0. The Bertz CT molecular complexity index is 1120. The number of benzene rings is 2. The number of nitrogens with one attached hydrogen (secondary N) is 1. The van der Waals surface area contributed by atoms with Crippen LogP contribution in [0.15, 0.2) is 42.5 Å². The molecule has 186 valence electrons. The summed E-state index contributed by atoms with van der Waals surface area (Å²) in [5.41, 5.74) is 2.73. The number of hydrogen-bond donors (Lipinski definition) is 1. The molecule has 9 heteroatoms. The molecule has 0 radical (unpaired) electrons. The van der Waals surface area contributed by atoms with Crippen molar-refractivity contribution in [3.63, 3.8) is 0 Å². The van der Waals surface area contributed by atoms with Crippen molar-refractivity contribution < 1.29 is 18.0 Å². The second kappa shape index (κ2) is 12.2. The Morgan fingerprint density at radius 1 is 1.09 bits per heavy atom. The zero-order valence-electron chi connectivity index (χ0n) is 20.5. The van der Waals surface area contributed by atoms with Crippen LogP contribution in [0.4, 0.5) is 5.69 Å². The van der Waals surface area contributed by atoms with Crippen molar-refractivity contribution in [1.29, 1.82) is 0 Å². The molecule has 0 aliphatic rings. The zero-order valence-corrected chi connectivity index (χ0v) is 22.0. The number of aryl methyl sites for hydroxylation is 2. The molecule has 2 rings (SSSR count). The van der Waals surface area contributed by atoms with Crippen LogP contribution < -0.4 is 9.62 Å². The first-order valence-corrected chi connectivity index (χ1v) is 13.6. The third kappa shape index (κ3) is 7.21. The molecule has 0 saturated heterocycles. The molecule has 0 fully saturated rings. The summed E-state index contributed by atoms with van der Waals surface area (Å²) in [6, 6.07) is 11.8. The SMILES string of the molecule is CCCNC(=O)[C@H](CC)N(Cc1ccccc1Cl)C(=O)CN(c1cc(C)ccc1C)S(C)(=O)=O. The van der Waals surface area contributed by atoms with Gasteiger partial charge in [0.2, 0.25) is 21.8 Å². The predicted molar refractivity (Wildman–Crippen MR) is 137 cm³/mol. The number of carbonyl (C=O) groups excluding carboxylic acids is 2. The van der Waals surface area contributed by atoms with Gasteiger partial charge < -0.3 is 10.2 Å². The molecule has 2 amide bonds. The average molecular weight is 508 g/mol. The Labute approximate surface area is 208 Å².